The standard InChI is InChI=1S/C20H21NO5/c1-3-14-7-10-17(21-12-14)18(22)13-26-16-8-5-15(6-9-16)11-19(20(23)24)25-4-2/h5-12H,3-4,13H2,1-2H3,(H,23,24)/b19-11-. The van der Waals surface area contributed by atoms with Crippen LogP contribution < -0.4 is 4.74 Å². The second-order valence-corrected chi connectivity index (χ2v) is 5.43. The van der Waals surface area contributed by atoms with E-state index in [0.29, 0.717) is 17.0 Å². The van der Waals surface area contributed by atoms with E-state index in [0.717, 1.165) is 12.0 Å². The monoisotopic (exact) mass is 355 g/mol. The lowest BCUT2D eigenvalue weighted by Gasteiger charge is -2.07. The lowest BCUT2D eigenvalue weighted by atomic mass is 10.2. The summed E-state index contributed by atoms with van der Waals surface area (Å²) < 4.78 is 10.5. The highest BCUT2D eigenvalue weighted by Gasteiger charge is 2.10. The molecule has 0 aliphatic rings. The normalized spacial score (nSPS) is 11.1. The number of nitrogens with zero attached hydrogens (tertiary/aromatic N) is 1. The molecule has 0 aliphatic carbocycles. The molecule has 0 unspecified atom stereocenters. The molecule has 136 valence electrons. The molecule has 0 bridgehead atoms. The number of rotatable bonds is 9. The summed E-state index contributed by atoms with van der Waals surface area (Å²) >= 11 is 0. The van der Waals surface area contributed by atoms with E-state index < -0.39 is 5.97 Å². The first-order valence-corrected chi connectivity index (χ1v) is 8.32. The second kappa shape index (κ2) is 9.36. The molecule has 0 spiro atoms. The Morgan fingerprint density at radius 2 is 1.85 bits per heavy atom. The Labute approximate surface area is 152 Å². The molecule has 2 rings (SSSR count). The number of hydrogen-bond donors (Lipinski definition) is 1. The first kappa shape index (κ1) is 19.2. The number of aliphatic carboxylic acids is 1. The van der Waals surface area contributed by atoms with Crippen LogP contribution in [0, 0.1) is 0 Å². The summed E-state index contributed by atoms with van der Waals surface area (Å²) in [5.41, 5.74) is 2.09. The molecule has 0 fully saturated rings. The Bertz CT molecular complexity index is 779. The van der Waals surface area contributed by atoms with Crippen LogP contribution in [0.25, 0.3) is 6.08 Å². The van der Waals surface area contributed by atoms with Crippen LogP contribution in [-0.2, 0) is 16.0 Å². The van der Waals surface area contributed by atoms with Crippen molar-refractivity contribution in [1.82, 2.24) is 4.98 Å². The molecule has 0 radical (unpaired) electrons. The fraction of sp³-hybridized carbons (Fsp3) is 0.250. The van der Waals surface area contributed by atoms with Gasteiger partial charge in [0.05, 0.1) is 6.61 Å². The highest BCUT2D eigenvalue weighted by atomic mass is 16.5. The van der Waals surface area contributed by atoms with Crippen molar-refractivity contribution in [3.63, 3.8) is 0 Å². The van der Waals surface area contributed by atoms with Crippen molar-refractivity contribution in [2.75, 3.05) is 13.2 Å². The Hall–Kier alpha value is -3.15. The number of carboxylic acids is 1. The van der Waals surface area contributed by atoms with E-state index in [9.17, 15) is 9.59 Å². The van der Waals surface area contributed by atoms with Crippen LogP contribution in [0.1, 0.15) is 35.5 Å². The topological polar surface area (TPSA) is 85.7 Å². The van der Waals surface area contributed by atoms with E-state index in [1.807, 2.05) is 13.0 Å². The molecular weight excluding hydrogens is 334 g/mol. The Morgan fingerprint density at radius 1 is 1.12 bits per heavy atom. The van der Waals surface area contributed by atoms with E-state index in [-0.39, 0.29) is 24.8 Å². The summed E-state index contributed by atoms with van der Waals surface area (Å²) in [7, 11) is 0. The zero-order valence-corrected chi connectivity index (χ0v) is 14.8. The number of hydrogen-bond acceptors (Lipinski definition) is 5. The highest BCUT2D eigenvalue weighted by molar-refractivity contribution is 5.95. The van der Waals surface area contributed by atoms with Gasteiger partial charge in [-0.1, -0.05) is 25.1 Å². The fourth-order valence-corrected chi connectivity index (χ4v) is 2.15. The number of carbonyl (C=O) groups excluding carboxylic acids is 1. The van der Waals surface area contributed by atoms with Gasteiger partial charge in [0.1, 0.15) is 11.4 Å². The third-order valence-corrected chi connectivity index (χ3v) is 3.58. The summed E-state index contributed by atoms with van der Waals surface area (Å²) in [6.45, 7) is 3.89. The number of ketones is 1. The van der Waals surface area contributed by atoms with Gasteiger partial charge in [0.15, 0.2) is 6.61 Å². The van der Waals surface area contributed by atoms with E-state index in [1.54, 1.807) is 43.5 Å². The van der Waals surface area contributed by atoms with Crippen LogP contribution >= 0.6 is 0 Å². The number of Topliss-reactive ketones (excluding diaryl/α,β-unsaturated/α-hetero) is 1. The van der Waals surface area contributed by atoms with Crippen molar-refractivity contribution in [1.29, 1.82) is 0 Å². The van der Waals surface area contributed by atoms with Gasteiger partial charge in [-0.2, -0.15) is 0 Å². The van der Waals surface area contributed by atoms with Gasteiger partial charge in [0, 0.05) is 6.20 Å². The third-order valence-electron chi connectivity index (χ3n) is 3.58. The van der Waals surface area contributed by atoms with Gasteiger partial charge in [-0.15, -0.1) is 0 Å². The number of carbonyl (C=O) groups is 2. The summed E-state index contributed by atoms with van der Waals surface area (Å²) in [4.78, 5) is 27.3. The van der Waals surface area contributed by atoms with Crippen molar-refractivity contribution >= 4 is 17.8 Å². The minimum Gasteiger partial charge on any atom is -0.487 e. The van der Waals surface area contributed by atoms with Crippen LogP contribution in [0.3, 0.4) is 0 Å². The summed E-state index contributed by atoms with van der Waals surface area (Å²) in [5.74, 6) is -0.951. The second-order valence-electron chi connectivity index (χ2n) is 5.43. The predicted octanol–water partition coefficient (Wildman–Crippen LogP) is 3.37. The van der Waals surface area contributed by atoms with Crippen LogP contribution in [0.4, 0.5) is 0 Å². The number of carboxylic acid groups (broad SMARTS) is 1. The third kappa shape index (κ3) is 5.44. The zero-order valence-electron chi connectivity index (χ0n) is 14.8. The number of ether oxygens (including phenoxy) is 2. The highest BCUT2D eigenvalue weighted by Crippen LogP contribution is 2.15. The molecule has 1 heterocycles. The first-order valence-electron chi connectivity index (χ1n) is 8.32. The van der Waals surface area contributed by atoms with Crippen molar-refractivity contribution in [3.8, 4) is 5.75 Å². The van der Waals surface area contributed by atoms with E-state index in [2.05, 4.69) is 4.98 Å². The maximum atomic E-state index is 12.1. The molecule has 1 aromatic carbocycles. The summed E-state index contributed by atoms with van der Waals surface area (Å²) in [5, 5.41) is 9.05. The van der Waals surface area contributed by atoms with E-state index in [4.69, 9.17) is 14.6 Å². The van der Waals surface area contributed by atoms with Crippen LogP contribution in [0.5, 0.6) is 5.75 Å². The summed E-state index contributed by atoms with van der Waals surface area (Å²) in [6.07, 6.45) is 3.98. The molecule has 0 saturated carbocycles. The molecular formula is C20H21NO5. The van der Waals surface area contributed by atoms with E-state index >= 15 is 0 Å². The Morgan fingerprint density at radius 3 is 2.38 bits per heavy atom. The predicted molar refractivity (Wildman–Crippen MR) is 97.1 cm³/mol. The van der Waals surface area contributed by atoms with Crippen molar-refractivity contribution in [3.05, 3.63) is 65.2 Å². The maximum absolute atomic E-state index is 12.1. The largest absolute Gasteiger partial charge is 0.487 e. The SMILES string of the molecule is CCO/C(=C\c1ccc(OCC(=O)c2ccc(CC)cn2)cc1)C(=O)O. The number of benzene rings is 1. The Kier molecular flexibility index (Phi) is 6.91. The lowest BCUT2D eigenvalue weighted by molar-refractivity contribution is -0.136. The zero-order chi connectivity index (χ0) is 18.9. The van der Waals surface area contributed by atoms with Crippen molar-refractivity contribution in [2.24, 2.45) is 0 Å². The average molecular weight is 355 g/mol. The van der Waals surface area contributed by atoms with E-state index in [1.165, 1.54) is 6.08 Å². The minimum absolute atomic E-state index is 0.118. The van der Waals surface area contributed by atoms with Crippen molar-refractivity contribution < 1.29 is 24.2 Å². The lowest BCUT2D eigenvalue weighted by Crippen LogP contribution is -2.13. The van der Waals surface area contributed by atoms with Crippen LogP contribution in [0.15, 0.2) is 48.4 Å². The first-order chi connectivity index (χ1) is 12.5. The molecule has 1 N–H and O–H groups in total. The maximum Gasteiger partial charge on any atom is 0.371 e. The molecule has 6 heteroatoms. The van der Waals surface area contributed by atoms with Crippen LogP contribution in [-0.4, -0.2) is 35.1 Å². The molecule has 2 aromatic rings. The van der Waals surface area contributed by atoms with Gasteiger partial charge in [-0.25, -0.2) is 4.79 Å². The van der Waals surface area contributed by atoms with Gasteiger partial charge in [-0.05, 0) is 48.7 Å². The average Bonchev–Trinajstić information content (AvgIpc) is 2.66. The molecule has 1 aromatic heterocycles. The molecule has 0 saturated heterocycles. The van der Waals surface area contributed by atoms with Gasteiger partial charge < -0.3 is 14.6 Å². The summed E-state index contributed by atoms with van der Waals surface area (Å²) in [6, 6.07) is 10.3. The fourth-order valence-electron chi connectivity index (χ4n) is 2.15. The quantitative estimate of drug-likeness (QED) is 0.422. The van der Waals surface area contributed by atoms with Crippen molar-refractivity contribution in [2.45, 2.75) is 20.3 Å². The molecule has 0 atom stereocenters. The smallest absolute Gasteiger partial charge is 0.371 e. The number of aromatic nitrogens is 1. The molecule has 0 aliphatic heterocycles. The van der Waals surface area contributed by atoms with Crippen LogP contribution in [0.2, 0.25) is 0 Å². The van der Waals surface area contributed by atoms with Gasteiger partial charge >= 0.3 is 5.97 Å². The minimum atomic E-state index is -1.13. The molecule has 26 heavy (non-hydrogen) atoms. The molecule has 0 amide bonds. The number of aryl methyl sites for hydroxylation is 1. The van der Waals surface area contributed by atoms with Gasteiger partial charge in [0.25, 0.3) is 0 Å². The van der Waals surface area contributed by atoms with Gasteiger partial charge in [0.2, 0.25) is 11.5 Å². The molecule has 6 nitrogen and oxygen atoms in total. The Balaban J connectivity index is 1.97. The van der Waals surface area contributed by atoms with Gasteiger partial charge in [-0.3, -0.25) is 9.78 Å². The number of pyridine rings is 1.